The Kier molecular flexibility index (Phi) is 6.40. The van der Waals surface area contributed by atoms with Crippen molar-refractivity contribution in [2.24, 2.45) is 5.92 Å². The van der Waals surface area contributed by atoms with Crippen LogP contribution < -0.4 is 10.6 Å². The number of likely N-dealkylation sites (N-methyl/N-ethyl adjacent to an activating group) is 1. The predicted molar refractivity (Wildman–Crippen MR) is 53.2 cm³/mol. The molecule has 2 amide bonds. The van der Waals surface area contributed by atoms with Crippen LogP contribution in [-0.4, -0.2) is 38.4 Å². The van der Waals surface area contributed by atoms with E-state index in [4.69, 9.17) is 0 Å². The first kappa shape index (κ1) is 13.7. The summed E-state index contributed by atoms with van der Waals surface area (Å²) in [7, 11) is 1.48. The van der Waals surface area contributed by atoms with E-state index in [1.165, 1.54) is 7.05 Å². The molecule has 0 aromatic carbocycles. The van der Waals surface area contributed by atoms with Gasteiger partial charge in [-0.05, 0) is 5.92 Å². The van der Waals surface area contributed by atoms with Gasteiger partial charge in [-0.25, -0.2) is 9.18 Å². The van der Waals surface area contributed by atoms with E-state index < -0.39 is 18.8 Å². The van der Waals surface area contributed by atoms with E-state index in [-0.39, 0.29) is 18.4 Å². The van der Waals surface area contributed by atoms with Gasteiger partial charge in [0.05, 0.1) is 0 Å². The maximum Gasteiger partial charge on any atom is 0.407 e. The summed E-state index contributed by atoms with van der Waals surface area (Å²) >= 11 is 0. The van der Waals surface area contributed by atoms with Crippen LogP contribution in [0.15, 0.2) is 0 Å². The van der Waals surface area contributed by atoms with Crippen LogP contribution in [-0.2, 0) is 9.53 Å². The lowest BCUT2D eigenvalue weighted by molar-refractivity contribution is -0.123. The largest absolute Gasteiger partial charge is 0.447 e. The van der Waals surface area contributed by atoms with Crippen LogP contribution in [0.2, 0.25) is 0 Å². The molecule has 0 saturated heterocycles. The summed E-state index contributed by atoms with van der Waals surface area (Å²) in [5, 5.41) is 4.79. The molecule has 0 aromatic rings. The van der Waals surface area contributed by atoms with Crippen molar-refractivity contribution in [2.75, 3.05) is 20.3 Å². The van der Waals surface area contributed by atoms with E-state index in [1.807, 2.05) is 0 Å². The number of hydrogen-bond donors (Lipinski definition) is 2. The molecule has 1 atom stereocenters. The zero-order valence-corrected chi connectivity index (χ0v) is 9.17. The first-order valence-electron chi connectivity index (χ1n) is 4.73. The van der Waals surface area contributed by atoms with Gasteiger partial charge in [-0.15, -0.1) is 0 Å². The zero-order valence-electron chi connectivity index (χ0n) is 9.17. The van der Waals surface area contributed by atoms with Crippen molar-refractivity contribution in [1.29, 1.82) is 0 Å². The molecule has 0 aromatic heterocycles. The molecule has 2 N–H and O–H groups in total. The molecule has 0 rings (SSSR count). The van der Waals surface area contributed by atoms with Crippen LogP contribution in [0.4, 0.5) is 9.18 Å². The molecule has 88 valence electrons. The van der Waals surface area contributed by atoms with Crippen LogP contribution >= 0.6 is 0 Å². The number of halogens is 1. The van der Waals surface area contributed by atoms with Crippen LogP contribution in [0.5, 0.6) is 0 Å². The predicted octanol–water partition coefficient (Wildman–Crippen LogP) is 0.453. The van der Waals surface area contributed by atoms with Gasteiger partial charge in [0.1, 0.15) is 19.3 Å². The Morgan fingerprint density at radius 2 is 2.00 bits per heavy atom. The van der Waals surface area contributed by atoms with E-state index in [2.05, 4.69) is 15.4 Å². The average molecular weight is 220 g/mol. The zero-order chi connectivity index (χ0) is 11.8. The molecule has 0 spiro atoms. The number of rotatable bonds is 5. The van der Waals surface area contributed by atoms with Crippen molar-refractivity contribution in [1.82, 2.24) is 10.6 Å². The fourth-order valence-corrected chi connectivity index (χ4v) is 0.990. The lowest BCUT2D eigenvalue weighted by Gasteiger charge is -2.20. The second-order valence-corrected chi connectivity index (χ2v) is 3.31. The average Bonchev–Trinajstić information content (AvgIpc) is 2.21. The van der Waals surface area contributed by atoms with Gasteiger partial charge >= 0.3 is 6.09 Å². The summed E-state index contributed by atoms with van der Waals surface area (Å²) in [6.45, 7) is 2.54. The Bertz CT molecular complexity index is 221. The lowest BCUT2D eigenvalue weighted by atomic mass is 10.0. The minimum Gasteiger partial charge on any atom is -0.447 e. The monoisotopic (exact) mass is 220 g/mol. The number of alkyl carbamates (subject to hydrolysis) is 1. The van der Waals surface area contributed by atoms with Crippen molar-refractivity contribution in [2.45, 2.75) is 19.9 Å². The van der Waals surface area contributed by atoms with Gasteiger partial charge in [0.15, 0.2) is 0 Å². The van der Waals surface area contributed by atoms with Crippen molar-refractivity contribution in [3.63, 3.8) is 0 Å². The topological polar surface area (TPSA) is 67.4 Å². The summed E-state index contributed by atoms with van der Waals surface area (Å²) < 4.78 is 16.2. The second-order valence-electron chi connectivity index (χ2n) is 3.31. The molecular weight excluding hydrogens is 203 g/mol. The highest BCUT2D eigenvalue weighted by atomic mass is 19.1. The van der Waals surface area contributed by atoms with Gasteiger partial charge in [-0.1, -0.05) is 13.8 Å². The molecule has 5 nitrogen and oxygen atoms in total. The van der Waals surface area contributed by atoms with E-state index in [9.17, 15) is 14.0 Å². The van der Waals surface area contributed by atoms with Crippen molar-refractivity contribution < 1.29 is 18.7 Å². The third kappa shape index (κ3) is 5.19. The minimum absolute atomic E-state index is 0.0668. The highest BCUT2D eigenvalue weighted by molar-refractivity contribution is 5.85. The van der Waals surface area contributed by atoms with E-state index in [0.717, 1.165) is 0 Å². The number of ether oxygens (including phenoxy) is 1. The Morgan fingerprint density at radius 1 is 1.40 bits per heavy atom. The molecule has 1 unspecified atom stereocenters. The molecular formula is C9H17FN2O3. The molecule has 0 radical (unpaired) electrons. The number of carbonyl (C=O) groups excluding carboxylic acids is 2. The van der Waals surface area contributed by atoms with Gasteiger partial charge < -0.3 is 15.4 Å². The molecule has 0 bridgehead atoms. The first-order chi connectivity index (χ1) is 7.02. The highest BCUT2D eigenvalue weighted by Crippen LogP contribution is 2.01. The quantitative estimate of drug-likeness (QED) is 0.707. The van der Waals surface area contributed by atoms with Gasteiger partial charge in [-0.2, -0.15) is 0 Å². The van der Waals surface area contributed by atoms with Crippen LogP contribution in [0.1, 0.15) is 13.8 Å². The van der Waals surface area contributed by atoms with Crippen molar-refractivity contribution in [3.8, 4) is 0 Å². The fraction of sp³-hybridized carbons (Fsp3) is 0.778. The summed E-state index contributed by atoms with van der Waals surface area (Å²) in [5.41, 5.74) is 0. The SMILES string of the molecule is CNC(=O)C(NC(=O)OCCF)C(C)C. The molecule has 0 aliphatic carbocycles. The number of alkyl halides is 1. The fourth-order valence-electron chi connectivity index (χ4n) is 0.990. The number of nitrogens with one attached hydrogen (secondary N) is 2. The third-order valence-corrected chi connectivity index (χ3v) is 1.78. The Morgan fingerprint density at radius 3 is 2.40 bits per heavy atom. The smallest absolute Gasteiger partial charge is 0.407 e. The molecule has 0 saturated carbocycles. The van der Waals surface area contributed by atoms with Gasteiger partial charge in [0.25, 0.3) is 0 Å². The summed E-state index contributed by atoms with van der Waals surface area (Å²) in [6, 6.07) is -0.665. The van der Waals surface area contributed by atoms with Crippen LogP contribution in [0.25, 0.3) is 0 Å². The summed E-state index contributed by atoms with van der Waals surface area (Å²) in [6.07, 6.45) is -0.782. The standard InChI is InChI=1S/C9H17FN2O3/c1-6(2)7(8(13)11-3)12-9(14)15-5-4-10/h6-7H,4-5H2,1-3H3,(H,11,13)(H,12,14). The van der Waals surface area contributed by atoms with Crippen LogP contribution in [0, 0.1) is 5.92 Å². The van der Waals surface area contributed by atoms with E-state index >= 15 is 0 Å². The van der Waals surface area contributed by atoms with Crippen LogP contribution in [0.3, 0.4) is 0 Å². The Balaban J connectivity index is 4.17. The number of hydrogen-bond acceptors (Lipinski definition) is 3. The van der Waals surface area contributed by atoms with Gasteiger partial charge in [-0.3, -0.25) is 4.79 Å². The summed E-state index contributed by atoms with van der Waals surface area (Å²) in [4.78, 5) is 22.4. The normalized spacial score (nSPS) is 12.1. The highest BCUT2D eigenvalue weighted by Gasteiger charge is 2.23. The molecule has 0 fully saturated rings. The second kappa shape index (κ2) is 7.03. The first-order valence-corrected chi connectivity index (χ1v) is 4.73. The van der Waals surface area contributed by atoms with E-state index in [1.54, 1.807) is 13.8 Å². The summed E-state index contributed by atoms with van der Waals surface area (Å²) in [5.74, 6) is -0.370. The maximum absolute atomic E-state index is 11.7. The maximum atomic E-state index is 11.7. The molecule has 6 heteroatoms. The van der Waals surface area contributed by atoms with Crippen molar-refractivity contribution in [3.05, 3.63) is 0 Å². The van der Waals surface area contributed by atoms with Crippen molar-refractivity contribution >= 4 is 12.0 Å². The molecule has 15 heavy (non-hydrogen) atoms. The lowest BCUT2D eigenvalue weighted by Crippen LogP contribution is -2.49. The third-order valence-electron chi connectivity index (χ3n) is 1.78. The Hall–Kier alpha value is -1.33. The molecule has 0 heterocycles. The number of amides is 2. The minimum atomic E-state index is -0.782. The number of carbonyl (C=O) groups is 2. The molecule has 0 aliphatic rings. The van der Waals surface area contributed by atoms with Gasteiger partial charge in [0, 0.05) is 7.05 Å². The molecule has 0 aliphatic heterocycles. The van der Waals surface area contributed by atoms with E-state index in [0.29, 0.717) is 0 Å². The Labute approximate surface area is 88.4 Å². The van der Waals surface area contributed by atoms with Gasteiger partial charge in [0.2, 0.25) is 5.91 Å².